The molecule has 286 valence electrons. The van der Waals surface area contributed by atoms with Crippen molar-refractivity contribution in [2.75, 3.05) is 4.90 Å². The van der Waals surface area contributed by atoms with Gasteiger partial charge < -0.3 is 4.90 Å². The molecule has 1 nitrogen and oxygen atoms in total. The minimum absolute atomic E-state index is 0.142. The van der Waals surface area contributed by atoms with Gasteiger partial charge >= 0.3 is 0 Å². The molecule has 0 saturated heterocycles. The third kappa shape index (κ3) is 4.64. The largest absolute Gasteiger partial charge is 0.310 e. The predicted octanol–water partition coefficient (Wildman–Crippen LogP) is 15.3. The lowest BCUT2D eigenvalue weighted by Gasteiger charge is -2.35. The molecular weight excluding hydrogens is 723 g/mol. The highest BCUT2D eigenvalue weighted by molar-refractivity contribution is 5.99. The summed E-state index contributed by atoms with van der Waals surface area (Å²) in [4.78, 5) is 2.47. The SMILES string of the molecule is CC1(C)c2ccc(N(c3ccccc3)c3cccc(C4(c5ccccc5)c5ccccc5-c5ccccc54)c3)cc2-c2c1ccc1c2C(C)(C)c2cc3ccccc3cc2-1. The lowest BCUT2D eigenvalue weighted by molar-refractivity contribution is 0.648. The maximum Gasteiger partial charge on any atom is 0.0714 e. The maximum atomic E-state index is 2.49. The molecule has 12 rings (SSSR count). The quantitative estimate of drug-likeness (QED) is 0.169. The molecule has 60 heavy (non-hydrogen) atoms. The standard InChI is InChI=1S/C59H45N/c1-57(2)50-32-30-44(37-49(50)55-53(57)33-31-47-48-34-38-18-11-12-19-39(38)35-54(48)58(3,4)56(47)55)60(42-23-9-6-10-24-42)43-25-17-22-41(36-43)59(40-20-7-5-8-21-40)51-28-15-13-26-45(51)46-27-14-16-29-52(46)59/h5-37H,1-4H3. The molecule has 0 radical (unpaired) electrons. The van der Waals surface area contributed by atoms with E-state index in [4.69, 9.17) is 0 Å². The van der Waals surface area contributed by atoms with Crippen molar-refractivity contribution < 1.29 is 0 Å². The second-order valence-electron chi connectivity index (χ2n) is 18.1. The monoisotopic (exact) mass is 767 g/mol. The van der Waals surface area contributed by atoms with Crippen LogP contribution >= 0.6 is 0 Å². The molecule has 3 aliphatic rings. The first-order valence-corrected chi connectivity index (χ1v) is 21.3. The first kappa shape index (κ1) is 35.0. The van der Waals surface area contributed by atoms with Crippen molar-refractivity contribution in [3.05, 3.63) is 245 Å². The topological polar surface area (TPSA) is 3.24 Å². The molecule has 3 aliphatic carbocycles. The first-order chi connectivity index (χ1) is 29.3. The van der Waals surface area contributed by atoms with Crippen molar-refractivity contribution in [3.8, 4) is 33.4 Å². The number of hydrogen-bond donors (Lipinski definition) is 0. The van der Waals surface area contributed by atoms with Gasteiger partial charge in [-0.05, 0) is 137 Å². The maximum absolute atomic E-state index is 2.49. The fourth-order valence-electron chi connectivity index (χ4n) is 11.6. The van der Waals surface area contributed by atoms with Crippen LogP contribution in [0.25, 0.3) is 44.2 Å². The zero-order valence-electron chi connectivity index (χ0n) is 34.5. The van der Waals surface area contributed by atoms with E-state index in [2.05, 4.69) is 233 Å². The molecular formula is C59H45N. The summed E-state index contributed by atoms with van der Waals surface area (Å²) >= 11 is 0. The van der Waals surface area contributed by atoms with Crippen LogP contribution in [0.2, 0.25) is 0 Å². The van der Waals surface area contributed by atoms with Crippen LogP contribution < -0.4 is 4.90 Å². The van der Waals surface area contributed by atoms with Crippen molar-refractivity contribution >= 4 is 27.8 Å². The van der Waals surface area contributed by atoms with E-state index in [0.717, 1.165) is 17.1 Å². The molecule has 0 heterocycles. The molecule has 0 bridgehead atoms. The van der Waals surface area contributed by atoms with E-state index in [-0.39, 0.29) is 10.8 Å². The lowest BCUT2D eigenvalue weighted by Crippen LogP contribution is -2.28. The molecule has 0 amide bonds. The Hall–Kier alpha value is -6.96. The number of para-hydroxylation sites is 1. The number of hydrogen-bond acceptors (Lipinski definition) is 1. The highest BCUT2D eigenvalue weighted by atomic mass is 15.1. The second-order valence-corrected chi connectivity index (χ2v) is 18.1. The van der Waals surface area contributed by atoms with Crippen LogP contribution in [0.1, 0.15) is 72.2 Å². The molecule has 1 heteroatoms. The van der Waals surface area contributed by atoms with Crippen molar-refractivity contribution in [1.29, 1.82) is 0 Å². The zero-order valence-corrected chi connectivity index (χ0v) is 34.5. The Bertz CT molecular complexity index is 3160. The van der Waals surface area contributed by atoms with E-state index in [0.29, 0.717) is 0 Å². The summed E-state index contributed by atoms with van der Waals surface area (Å²) in [6.07, 6.45) is 0. The van der Waals surface area contributed by atoms with Gasteiger partial charge in [-0.2, -0.15) is 0 Å². The van der Waals surface area contributed by atoms with Crippen molar-refractivity contribution in [1.82, 2.24) is 0 Å². The van der Waals surface area contributed by atoms with Crippen LogP contribution in [0.15, 0.2) is 200 Å². The molecule has 9 aromatic rings. The normalized spacial score (nSPS) is 15.4. The highest BCUT2D eigenvalue weighted by Gasteiger charge is 2.47. The average molecular weight is 768 g/mol. The lowest BCUT2D eigenvalue weighted by atomic mass is 9.67. The van der Waals surface area contributed by atoms with Gasteiger partial charge in [0.05, 0.1) is 5.41 Å². The Morgan fingerprint density at radius 3 is 1.60 bits per heavy atom. The highest BCUT2D eigenvalue weighted by Crippen LogP contribution is 2.61. The Morgan fingerprint density at radius 2 is 0.883 bits per heavy atom. The van der Waals surface area contributed by atoms with E-state index in [1.54, 1.807) is 0 Å². The molecule has 0 saturated carbocycles. The summed E-state index contributed by atoms with van der Waals surface area (Å²) in [6, 6.07) is 75.1. The number of fused-ring (bicyclic) bond motifs is 11. The Kier molecular flexibility index (Phi) is 7.31. The zero-order chi connectivity index (χ0) is 40.4. The van der Waals surface area contributed by atoms with Crippen LogP contribution in [0.3, 0.4) is 0 Å². The van der Waals surface area contributed by atoms with E-state index in [9.17, 15) is 0 Å². The van der Waals surface area contributed by atoms with Gasteiger partial charge in [0, 0.05) is 27.9 Å². The summed E-state index contributed by atoms with van der Waals surface area (Å²) in [5.74, 6) is 0. The number of benzene rings is 9. The molecule has 0 atom stereocenters. The number of rotatable bonds is 5. The third-order valence-electron chi connectivity index (χ3n) is 14.3. The van der Waals surface area contributed by atoms with Gasteiger partial charge in [0.15, 0.2) is 0 Å². The van der Waals surface area contributed by atoms with Gasteiger partial charge in [0.1, 0.15) is 0 Å². The smallest absolute Gasteiger partial charge is 0.0714 e. The number of anilines is 3. The minimum atomic E-state index is -0.486. The van der Waals surface area contributed by atoms with Crippen LogP contribution in [-0.4, -0.2) is 0 Å². The summed E-state index contributed by atoms with van der Waals surface area (Å²) in [5.41, 5.74) is 21.5. The van der Waals surface area contributed by atoms with Gasteiger partial charge in [-0.15, -0.1) is 0 Å². The summed E-state index contributed by atoms with van der Waals surface area (Å²) in [6.45, 7) is 9.69. The van der Waals surface area contributed by atoms with Gasteiger partial charge in [-0.1, -0.05) is 179 Å². The van der Waals surface area contributed by atoms with Crippen molar-refractivity contribution in [2.45, 2.75) is 43.9 Å². The van der Waals surface area contributed by atoms with Crippen LogP contribution in [-0.2, 0) is 16.2 Å². The third-order valence-corrected chi connectivity index (χ3v) is 14.3. The van der Waals surface area contributed by atoms with Gasteiger partial charge in [-0.25, -0.2) is 0 Å². The molecule has 0 fully saturated rings. The van der Waals surface area contributed by atoms with E-state index >= 15 is 0 Å². The van der Waals surface area contributed by atoms with Gasteiger partial charge in [0.25, 0.3) is 0 Å². The Balaban J connectivity index is 1.08. The average Bonchev–Trinajstić information content (AvgIpc) is 3.81. The van der Waals surface area contributed by atoms with E-state index in [1.165, 1.54) is 88.7 Å². The summed E-state index contributed by atoms with van der Waals surface area (Å²) in [7, 11) is 0. The fourth-order valence-corrected chi connectivity index (χ4v) is 11.6. The number of nitrogens with zero attached hydrogens (tertiary/aromatic N) is 1. The molecule has 9 aromatic carbocycles. The second kappa shape index (κ2) is 12.5. The van der Waals surface area contributed by atoms with Crippen molar-refractivity contribution in [2.24, 2.45) is 0 Å². The van der Waals surface area contributed by atoms with Crippen LogP contribution in [0.4, 0.5) is 17.1 Å². The molecule has 0 N–H and O–H groups in total. The van der Waals surface area contributed by atoms with Crippen LogP contribution in [0.5, 0.6) is 0 Å². The Morgan fingerprint density at radius 1 is 0.317 bits per heavy atom. The summed E-state index contributed by atoms with van der Waals surface area (Å²) in [5, 5.41) is 2.60. The van der Waals surface area contributed by atoms with Crippen LogP contribution in [0, 0.1) is 0 Å². The first-order valence-electron chi connectivity index (χ1n) is 21.3. The molecule has 0 aliphatic heterocycles. The fraction of sp³-hybridized carbons (Fsp3) is 0.119. The van der Waals surface area contributed by atoms with Gasteiger partial charge in [0.2, 0.25) is 0 Å². The van der Waals surface area contributed by atoms with Gasteiger partial charge in [-0.3, -0.25) is 0 Å². The minimum Gasteiger partial charge on any atom is -0.310 e. The predicted molar refractivity (Wildman–Crippen MR) is 251 cm³/mol. The van der Waals surface area contributed by atoms with E-state index < -0.39 is 5.41 Å². The molecule has 0 unspecified atom stereocenters. The summed E-state index contributed by atoms with van der Waals surface area (Å²) < 4.78 is 0. The Labute approximate surface area is 353 Å². The van der Waals surface area contributed by atoms with E-state index in [1.807, 2.05) is 0 Å². The van der Waals surface area contributed by atoms with Crippen molar-refractivity contribution in [3.63, 3.8) is 0 Å². The molecule has 0 spiro atoms. The molecule has 0 aromatic heterocycles.